The lowest BCUT2D eigenvalue weighted by Gasteiger charge is -2.24. The minimum absolute atomic E-state index is 0.0541. The Balaban J connectivity index is 2.55. The predicted molar refractivity (Wildman–Crippen MR) is 138 cm³/mol. The molecule has 0 aromatic heterocycles. The van der Waals surface area contributed by atoms with Crippen LogP contribution in [0, 0.1) is 17.8 Å². The average Bonchev–Trinajstić information content (AvgIpc) is 2.77. The zero-order chi connectivity index (χ0) is 26.5. The van der Waals surface area contributed by atoms with E-state index in [1.54, 1.807) is 19.1 Å². The minimum atomic E-state index is -0.793. The van der Waals surface area contributed by atoms with E-state index in [1.807, 2.05) is 39.8 Å². The number of Topliss-reactive ketones (excluding diaryl/α,β-unsaturated/α-hetero) is 1. The monoisotopic (exact) mass is 489 g/mol. The summed E-state index contributed by atoms with van der Waals surface area (Å²) in [6.07, 6.45) is 0.951. The van der Waals surface area contributed by atoms with Gasteiger partial charge in [-0.15, -0.1) is 0 Å². The van der Waals surface area contributed by atoms with Gasteiger partial charge in [0.15, 0.2) is 0 Å². The van der Waals surface area contributed by atoms with E-state index >= 15 is 0 Å². The van der Waals surface area contributed by atoms with Crippen molar-refractivity contribution in [1.29, 1.82) is 0 Å². The van der Waals surface area contributed by atoms with Gasteiger partial charge in [0, 0.05) is 31.1 Å². The fraction of sp³-hybridized carbons (Fsp3) is 0.630. The number of hydrogen-bond donors (Lipinski definition) is 3. The Labute approximate surface area is 210 Å². The third-order valence-corrected chi connectivity index (χ3v) is 5.43. The molecule has 1 aromatic carbocycles. The van der Waals surface area contributed by atoms with Crippen molar-refractivity contribution in [3.05, 3.63) is 29.8 Å². The number of amides is 3. The molecule has 0 heterocycles. The summed E-state index contributed by atoms with van der Waals surface area (Å²) in [6, 6.07) is 5.79. The van der Waals surface area contributed by atoms with Crippen LogP contribution in [0.4, 0.5) is 5.69 Å². The van der Waals surface area contributed by atoms with Gasteiger partial charge in [-0.1, -0.05) is 53.7 Å². The van der Waals surface area contributed by atoms with Crippen LogP contribution in [0.25, 0.3) is 0 Å². The number of carbonyl (C=O) groups is 4. The molecule has 0 aliphatic heterocycles. The molecule has 2 atom stereocenters. The Morgan fingerprint density at radius 2 is 1.46 bits per heavy atom. The van der Waals surface area contributed by atoms with Crippen LogP contribution in [-0.2, 0) is 30.5 Å². The predicted octanol–water partition coefficient (Wildman–Crippen LogP) is 3.84. The quantitative estimate of drug-likeness (QED) is 0.346. The molecule has 196 valence electrons. The van der Waals surface area contributed by atoms with Gasteiger partial charge in [0.05, 0.1) is 6.61 Å². The molecule has 8 heteroatoms. The fourth-order valence-corrected chi connectivity index (χ4v) is 3.21. The third kappa shape index (κ3) is 12.0. The highest BCUT2D eigenvalue weighted by Gasteiger charge is 2.27. The van der Waals surface area contributed by atoms with Crippen molar-refractivity contribution in [2.24, 2.45) is 17.8 Å². The molecule has 8 nitrogen and oxygen atoms in total. The van der Waals surface area contributed by atoms with Crippen LogP contribution in [0.3, 0.4) is 0 Å². The van der Waals surface area contributed by atoms with Crippen molar-refractivity contribution in [3.63, 3.8) is 0 Å². The number of rotatable bonds is 15. The molecular weight excluding hydrogens is 446 g/mol. The number of ether oxygens (including phenoxy) is 1. The van der Waals surface area contributed by atoms with Gasteiger partial charge in [0.1, 0.15) is 17.9 Å². The summed E-state index contributed by atoms with van der Waals surface area (Å²) in [6.45, 7) is 14.3. The Bertz CT molecular complexity index is 834. The molecule has 1 rings (SSSR count). The normalized spacial score (nSPS) is 13.0. The lowest BCUT2D eigenvalue weighted by Crippen LogP contribution is -2.53. The van der Waals surface area contributed by atoms with Crippen molar-refractivity contribution in [2.75, 3.05) is 11.9 Å². The van der Waals surface area contributed by atoms with Crippen molar-refractivity contribution in [3.8, 4) is 0 Å². The lowest BCUT2D eigenvalue weighted by atomic mass is 10.0. The van der Waals surface area contributed by atoms with Crippen molar-refractivity contribution >= 4 is 29.2 Å². The van der Waals surface area contributed by atoms with E-state index in [4.69, 9.17) is 4.74 Å². The van der Waals surface area contributed by atoms with Crippen molar-refractivity contribution in [1.82, 2.24) is 10.6 Å². The Kier molecular flexibility index (Phi) is 13.2. The number of ketones is 1. The highest BCUT2D eigenvalue weighted by Crippen LogP contribution is 2.12. The summed E-state index contributed by atoms with van der Waals surface area (Å²) in [7, 11) is 0. The second-order valence-electron chi connectivity index (χ2n) is 10.1. The van der Waals surface area contributed by atoms with E-state index in [0.29, 0.717) is 37.7 Å². The van der Waals surface area contributed by atoms with Gasteiger partial charge in [0.2, 0.25) is 17.7 Å². The number of nitrogens with one attached hydrogen (secondary N) is 3. The lowest BCUT2D eigenvalue weighted by molar-refractivity contribution is -0.132. The van der Waals surface area contributed by atoms with Crippen LogP contribution in [0.5, 0.6) is 0 Å². The van der Waals surface area contributed by atoms with Gasteiger partial charge in [-0.3, -0.25) is 19.2 Å². The smallest absolute Gasteiger partial charge is 0.246 e. The SMILES string of the molecule is CC(C)COCc1ccc(NC(=O)[C@@H](C)NC(=O)[C@H](NC(=O)CCCC(=O)C(C)C)C(C)C)cc1. The number of anilines is 1. The maximum Gasteiger partial charge on any atom is 0.246 e. The fourth-order valence-electron chi connectivity index (χ4n) is 3.21. The van der Waals surface area contributed by atoms with Gasteiger partial charge in [0.25, 0.3) is 0 Å². The molecule has 1 aromatic rings. The number of carbonyl (C=O) groups excluding carboxylic acids is 4. The molecule has 0 saturated heterocycles. The standard InChI is InChI=1S/C27H43N3O5/c1-17(2)15-35-16-21-11-13-22(14-12-21)29-26(33)20(7)28-27(34)25(19(5)6)30-24(32)10-8-9-23(31)18(3)4/h11-14,17-20,25H,8-10,15-16H2,1-7H3,(H,28,34)(H,29,33)(H,30,32)/t20-,25-/m1/s1. The van der Waals surface area contributed by atoms with Crippen LogP contribution >= 0.6 is 0 Å². The second kappa shape index (κ2) is 15.3. The summed E-state index contributed by atoms with van der Waals surface area (Å²) in [4.78, 5) is 49.4. The Morgan fingerprint density at radius 1 is 0.829 bits per heavy atom. The summed E-state index contributed by atoms with van der Waals surface area (Å²) < 4.78 is 5.61. The van der Waals surface area contributed by atoms with Gasteiger partial charge in [-0.05, 0) is 42.9 Å². The van der Waals surface area contributed by atoms with Crippen LogP contribution in [0.15, 0.2) is 24.3 Å². The molecule has 35 heavy (non-hydrogen) atoms. The van der Waals surface area contributed by atoms with E-state index in [2.05, 4.69) is 29.8 Å². The first-order chi connectivity index (χ1) is 16.4. The molecule has 3 N–H and O–H groups in total. The van der Waals surface area contributed by atoms with Gasteiger partial charge in [-0.2, -0.15) is 0 Å². The number of benzene rings is 1. The van der Waals surface area contributed by atoms with E-state index in [0.717, 1.165) is 5.56 Å². The Hall–Kier alpha value is -2.74. The summed E-state index contributed by atoms with van der Waals surface area (Å²) in [5, 5.41) is 8.21. The van der Waals surface area contributed by atoms with Gasteiger partial charge >= 0.3 is 0 Å². The molecule has 3 amide bonds. The van der Waals surface area contributed by atoms with Crippen LogP contribution < -0.4 is 16.0 Å². The van der Waals surface area contributed by atoms with Crippen LogP contribution in [0.2, 0.25) is 0 Å². The highest BCUT2D eigenvalue weighted by molar-refractivity contribution is 5.98. The molecular formula is C27H43N3O5. The topological polar surface area (TPSA) is 114 Å². The molecule has 0 bridgehead atoms. The molecule has 0 fully saturated rings. The van der Waals surface area contributed by atoms with E-state index in [-0.39, 0.29) is 35.9 Å². The Morgan fingerprint density at radius 3 is 2.00 bits per heavy atom. The van der Waals surface area contributed by atoms with Gasteiger partial charge in [-0.25, -0.2) is 0 Å². The first-order valence-electron chi connectivity index (χ1n) is 12.5. The molecule has 0 unspecified atom stereocenters. The second-order valence-corrected chi connectivity index (χ2v) is 10.1. The van der Waals surface area contributed by atoms with Gasteiger partial charge < -0.3 is 20.7 Å². The summed E-state index contributed by atoms with van der Waals surface area (Å²) in [5.74, 6) is -0.710. The minimum Gasteiger partial charge on any atom is -0.377 e. The zero-order valence-corrected chi connectivity index (χ0v) is 22.3. The molecule has 0 saturated carbocycles. The van der Waals surface area contributed by atoms with Crippen molar-refractivity contribution < 1.29 is 23.9 Å². The van der Waals surface area contributed by atoms with Crippen molar-refractivity contribution in [2.45, 2.75) is 86.4 Å². The van der Waals surface area contributed by atoms with Crippen LogP contribution in [0.1, 0.15) is 73.3 Å². The van der Waals surface area contributed by atoms with E-state index < -0.39 is 18.0 Å². The third-order valence-electron chi connectivity index (χ3n) is 5.43. The highest BCUT2D eigenvalue weighted by atomic mass is 16.5. The summed E-state index contributed by atoms with van der Waals surface area (Å²) >= 11 is 0. The molecule has 0 spiro atoms. The maximum atomic E-state index is 12.8. The first kappa shape index (κ1) is 30.3. The molecule has 0 aliphatic carbocycles. The maximum absolute atomic E-state index is 12.8. The largest absolute Gasteiger partial charge is 0.377 e. The molecule has 0 aliphatic rings. The first-order valence-corrected chi connectivity index (χ1v) is 12.5. The average molecular weight is 490 g/mol. The van der Waals surface area contributed by atoms with E-state index in [9.17, 15) is 19.2 Å². The molecule has 0 radical (unpaired) electrons. The number of hydrogen-bond acceptors (Lipinski definition) is 5. The zero-order valence-electron chi connectivity index (χ0n) is 22.3. The summed E-state index contributed by atoms with van der Waals surface area (Å²) in [5.41, 5.74) is 1.63. The van der Waals surface area contributed by atoms with Crippen LogP contribution in [-0.4, -0.2) is 42.2 Å². The van der Waals surface area contributed by atoms with E-state index in [1.165, 1.54) is 0 Å².